The molecule has 1 aliphatic rings. The van der Waals surface area contributed by atoms with E-state index in [0.717, 1.165) is 6.07 Å². The van der Waals surface area contributed by atoms with Gasteiger partial charge in [-0.3, -0.25) is 9.59 Å². The van der Waals surface area contributed by atoms with Gasteiger partial charge >= 0.3 is 6.18 Å². The van der Waals surface area contributed by atoms with E-state index < -0.39 is 28.9 Å². The number of nitrogens with one attached hydrogen (secondary N) is 1. The van der Waals surface area contributed by atoms with E-state index in [1.807, 2.05) is 0 Å². The number of primary amides is 1. The highest BCUT2D eigenvalue weighted by Gasteiger charge is 2.36. The SMILES string of the molecule is NC(=O)c1cc(-c2ccc(OCC3COCCOC3)cc2)c(C(F)(F)F)[nH]c1=O. The van der Waals surface area contributed by atoms with Gasteiger partial charge in [-0.05, 0) is 23.8 Å². The molecule has 0 bridgehead atoms. The first-order valence-corrected chi connectivity index (χ1v) is 8.78. The molecule has 1 amide bonds. The van der Waals surface area contributed by atoms with Crippen LogP contribution in [0.3, 0.4) is 0 Å². The predicted octanol–water partition coefficient (Wildman–Crippen LogP) is 2.20. The summed E-state index contributed by atoms with van der Waals surface area (Å²) in [4.78, 5) is 24.8. The van der Waals surface area contributed by atoms with Crippen LogP contribution in [0.15, 0.2) is 35.1 Å². The number of aromatic amines is 1. The van der Waals surface area contributed by atoms with E-state index in [9.17, 15) is 22.8 Å². The second-order valence-corrected chi connectivity index (χ2v) is 6.51. The number of carbonyl (C=O) groups excluding carboxylic acids is 1. The van der Waals surface area contributed by atoms with Gasteiger partial charge in [0.05, 0.1) is 33.0 Å². The van der Waals surface area contributed by atoms with E-state index in [2.05, 4.69) is 0 Å². The molecule has 0 unspecified atom stereocenters. The standard InChI is InChI=1S/C19H19F3N2O5/c20-19(21,22)16-14(7-15(17(23)25)18(26)24-16)12-1-3-13(4-2-12)29-10-11-8-27-5-6-28-9-11/h1-4,7,11H,5-6,8-10H2,(H2,23,25)(H,24,26). The molecule has 2 aromatic rings. The fraction of sp³-hybridized carbons (Fsp3) is 0.368. The zero-order valence-corrected chi connectivity index (χ0v) is 15.3. The minimum Gasteiger partial charge on any atom is -0.493 e. The number of hydrogen-bond acceptors (Lipinski definition) is 5. The van der Waals surface area contributed by atoms with Crippen molar-refractivity contribution in [2.45, 2.75) is 6.18 Å². The van der Waals surface area contributed by atoms with E-state index in [1.54, 1.807) is 4.98 Å². The van der Waals surface area contributed by atoms with Gasteiger partial charge in [-0.2, -0.15) is 13.2 Å². The Hall–Kier alpha value is -2.85. The molecule has 0 saturated carbocycles. The summed E-state index contributed by atoms with van der Waals surface area (Å²) in [5, 5.41) is 0. The van der Waals surface area contributed by atoms with E-state index in [-0.39, 0.29) is 17.0 Å². The Morgan fingerprint density at radius 3 is 2.34 bits per heavy atom. The summed E-state index contributed by atoms with van der Waals surface area (Å²) in [6.07, 6.45) is -4.82. The van der Waals surface area contributed by atoms with Crippen LogP contribution >= 0.6 is 0 Å². The lowest BCUT2D eigenvalue weighted by molar-refractivity contribution is -0.140. The number of carbonyl (C=O) groups is 1. The third-order valence-electron chi connectivity index (χ3n) is 4.32. The van der Waals surface area contributed by atoms with Gasteiger partial charge < -0.3 is 24.9 Å². The molecular formula is C19H19F3N2O5. The molecule has 3 rings (SSSR count). The zero-order valence-electron chi connectivity index (χ0n) is 15.3. The van der Waals surface area contributed by atoms with Crippen molar-refractivity contribution in [3.05, 3.63) is 51.9 Å². The van der Waals surface area contributed by atoms with Gasteiger partial charge in [-0.1, -0.05) is 12.1 Å². The van der Waals surface area contributed by atoms with Crippen LogP contribution in [0.4, 0.5) is 13.2 Å². The number of H-pyrrole nitrogens is 1. The van der Waals surface area contributed by atoms with Crippen LogP contribution in [0.2, 0.25) is 0 Å². The first kappa shape index (κ1) is 20.9. The highest BCUT2D eigenvalue weighted by atomic mass is 19.4. The molecule has 1 fully saturated rings. The fourth-order valence-electron chi connectivity index (χ4n) is 2.87. The number of rotatable bonds is 5. The molecule has 156 valence electrons. The molecule has 0 aliphatic carbocycles. The van der Waals surface area contributed by atoms with E-state index >= 15 is 0 Å². The van der Waals surface area contributed by atoms with Crippen LogP contribution < -0.4 is 16.0 Å². The van der Waals surface area contributed by atoms with Gasteiger partial charge in [0.2, 0.25) is 0 Å². The summed E-state index contributed by atoms with van der Waals surface area (Å²) in [5.74, 6) is -0.619. The van der Waals surface area contributed by atoms with Crippen LogP contribution in [-0.4, -0.2) is 43.9 Å². The fourth-order valence-corrected chi connectivity index (χ4v) is 2.87. The lowest BCUT2D eigenvalue weighted by atomic mass is 10.0. The molecule has 1 aromatic carbocycles. The topological polar surface area (TPSA) is 104 Å². The molecule has 1 saturated heterocycles. The highest BCUT2D eigenvalue weighted by molar-refractivity contribution is 5.93. The molecule has 1 aliphatic heterocycles. The van der Waals surface area contributed by atoms with Crippen molar-refractivity contribution in [1.82, 2.24) is 4.98 Å². The maximum Gasteiger partial charge on any atom is 0.431 e. The largest absolute Gasteiger partial charge is 0.493 e. The normalized spacial score (nSPS) is 15.7. The molecule has 0 spiro atoms. The van der Waals surface area contributed by atoms with Gasteiger partial charge in [0.25, 0.3) is 11.5 Å². The third kappa shape index (κ3) is 5.15. The van der Waals surface area contributed by atoms with Crippen molar-refractivity contribution in [1.29, 1.82) is 0 Å². The molecule has 29 heavy (non-hydrogen) atoms. The minimum atomic E-state index is -4.82. The molecule has 0 atom stereocenters. The van der Waals surface area contributed by atoms with Crippen molar-refractivity contribution in [3.63, 3.8) is 0 Å². The van der Waals surface area contributed by atoms with E-state index in [1.165, 1.54) is 24.3 Å². The first-order valence-electron chi connectivity index (χ1n) is 8.78. The smallest absolute Gasteiger partial charge is 0.431 e. The second-order valence-electron chi connectivity index (χ2n) is 6.51. The average Bonchev–Trinajstić information content (AvgIpc) is 2.94. The van der Waals surface area contributed by atoms with Gasteiger partial charge in [0.15, 0.2) is 0 Å². The Balaban J connectivity index is 1.84. The predicted molar refractivity (Wildman–Crippen MR) is 96.6 cm³/mol. The maximum absolute atomic E-state index is 13.4. The lowest BCUT2D eigenvalue weighted by Gasteiger charge is -2.16. The highest BCUT2D eigenvalue weighted by Crippen LogP contribution is 2.35. The zero-order chi connectivity index (χ0) is 21.0. The monoisotopic (exact) mass is 412 g/mol. The summed E-state index contributed by atoms with van der Waals surface area (Å²) in [6, 6.07) is 6.66. The molecule has 10 heteroatoms. The van der Waals surface area contributed by atoms with Crippen LogP contribution in [-0.2, 0) is 15.7 Å². The van der Waals surface area contributed by atoms with Crippen molar-refractivity contribution in [2.75, 3.05) is 33.0 Å². The summed E-state index contributed by atoms with van der Waals surface area (Å²) in [7, 11) is 0. The Labute approximate surface area is 163 Å². The summed E-state index contributed by atoms with van der Waals surface area (Å²) in [5.41, 5.74) is 1.87. The molecule has 0 radical (unpaired) electrons. The second kappa shape index (κ2) is 8.66. The molecule has 2 heterocycles. The number of nitrogens with two attached hydrogens (primary N) is 1. The summed E-state index contributed by atoms with van der Waals surface area (Å²) < 4.78 is 56.5. The molecular weight excluding hydrogens is 393 g/mol. The number of alkyl halides is 3. The average molecular weight is 412 g/mol. The number of hydrogen-bond donors (Lipinski definition) is 2. The maximum atomic E-state index is 13.4. The number of pyridine rings is 1. The molecule has 1 aromatic heterocycles. The Morgan fingerprint density at radius 2 is 1.79 bits per heavy atom. The number of halogens is 3. The first-order chi connectivity index (χ1) is 13.8. The van der Waals surface area contributed by atoms with Crippen LogP contribution in [0.25, 0.3) is 11.1 Å². The van der Waals surface area contributed by atoms with Gasteiger partial charge in [0, 0.05) is 11.5 Å². The Bertz CT molecular complexity index is 917. The lowest BCUT2D eigenvalue weighted by Crippen LogP contribution is -2.27. The Morgan fingerprint density at radius 1 is 1.17 bits per heavy atom. The summed E-state index contributed by atoms with van der Waals surface area (Å²) in [6.45, 7) is 2.39. The van der Waals surface area contributed by atoms with Gasteiger partial charge in [-0.25, -0.2) is 0 Å². The Kier molecular flexibility index (Phi) is 6.23. The van der Waals surface area contributed by atoms with E-state index in [0.29, 0.717) is 38.8 Å². The molecule has 7 nitrogen and oxygen atoms in total. The number of ether oxygens (including phenoxy) is 3. The van der Waals surface area contributed by atoms with Gasteiger partial charge in [-0.15, -0.1) is 0 Å². The van der Waals surface area contributed by atoms with Gasteiger partial charge in [0.1, 0.15) is 17.0 Å². The number of benzene rings is 1. The third-order valence-corrected chi connectivity index (χ3v) is 4.32. The van der Waals surface area contributed by atoms with E-state index in [4.69, 9.17) is 19.9 Å². The minimum absolute atomic E-state index is 0.0475. The summed E-state index contributed by atoms with van der Waals surface area (Å²) >= 11 is 0. The van der Waals surface area contributed by atoms with Crippen molar-refractivity contribution in [2.24, 2.45) is 11.7 Å². The quantitative estimate of drug-likeness (QED) is 0.784. The number of aromatic nitrogens is 1. The van der Waals surface area contributed by atoms with Crippen LogP contribution in [0.1, 0.15) is 16.1 Å². The van der Waals surface area contributed by atoms with Crippen molar-refractivity contribution >= 4 is 5.91 Å². The van der Waals surface area contributed by atoms with Crippen molar-refractivity contribution < 1.29 is 32.2 Å². The number of amides is 1. The van der Waals surface area contributed by atoms with Crippen LogP contribution in [0.5, 0.6) is 5.75 Å². The van der Waals surface area contributed by atoms with Crippen LogP contribution in [0, 0.1) is 5.92 Å². The molecule has 3 N–H and O–H groups in total. The van der Waals surface area contributed by atoms with Crippen molar-refractivity contribution in [3.8, 4) is 16.9 Å².